The molecule has 0 aromatic carbocycles. The number of rotatable bonds is 9. The first-order chi connectivity index (χ1) is 19.1. The summed E-state index contributed by atoms with van der Waals surface area (Å²) < 4.78 is 30.3. The highest BCUT2D eigenvalue weighted by Crippen LogP contribution is 2.53. The number of hydrogen-bond acceptors (Lipinski definition) is 9. The molecule has 0 saturated carbocycles. The minimum absolute atomic E-state index is 0.139. The van der Waals surface area contributed by atoms with Gasteiger partial charge in [-0.3, -0.25) is 19.2 Å². The van der Waals surface area contributed by atoms with E-state index in [9.17, 15) is 9.59 Å². The first-order valence-corrected chi connectivity index (χ1v) is 19.1. The summed E-state index contributed by atoms with van der Waals surface area (Å²) in [6.07, 6.45) is 0.518. The molecule has 0 spiro atoms. The van der Waals surface area contributed by atoms with Gasteiger partial charge in [0.05, 0.1) is 13.2 Å². The molecular formula is C28H52N4O7Si2. The lowest BCUT2D eigenvalue weighted by molar-refractivity contribution is -0.269. The minimum atomic E-state index is -2.96. The topological polar surface area (TPSA) is 107 Å². The molecule has 41 heavy (non-hydrogen) atoms. The second kappa shape index (κ2) is 12.1. The van der Waals surface area contributed by atoms with Crippen LogP contribution in [0.4, 0.5) is 0 Å². The lowest BCUT2D eigenvalue weighted by Crippen LogP contribution is -2.71. The van der Waals surface area contributed by atoms with Gasteiger partial charge >= 0.3 is 22.8 Å². The third-order valence-corrected chi connectivity index (χ3v) is 19.2. The van der Waals surface area contributed by atoms with Gasteiger partial charge in [0.1, 0.15) is 11.7 Å². The number of nitrogens with one attached hydrogen (secondary N) is 1. The van der Waals surface area contributed by atoms with Gasteiger partial charge in [-0.2, -0.15) is 5.06 Å². The van der Waals surface area contributed by atoms with Gasteiger partial charge in [-0.1, -0.05) is 55.4 Å². The van der Waals surface area contributed by atoms with E-state index >= 15 is 0 Å². The molecule has 0 amide bonds. The number of aromatic nitrogens is 2. The van der Waals surface area contributed by atoms with Crippen molar-refractivity contribution in [3.8, 4) is 0 Å². The zero-order chi connectivity index (χ0) is 30.5. The van der Waals surface area contributed by atoms with Crippen molar-refractivity contribution in [3.05, 3.63) is 32.6 Å². The first-order valence-electron chi connectivity index (χ1n) is 15.2. The van der Waals surface area contributed by atoms with Gasteiger partial charge in [0.2, 0.25) is 0 Å². The van der Waals surface area contributed by atoms with Gasteiger partial charge in [0.15, 0.2) is 12.3 Å². The fraction of sp³-hybridized carbons (Fsp3) is 0.857. The maximum Gasteiger partial charge on any atom is 0.335 e. The van der Waals surface area contributed by atoms with Crippen LogP contribution in [-0.2, 0) is 22.5 Å². The van der Waals surface area contributed by atoms with Gasteiger partial charge in [-0.15, -0.1) is 0 Å². The predicted molar refractivity (Wildman–Crippen MR) is 162 cm³/mol. The van der Waals surface area contributed by atoms with E-state index in [1.807, 2.05) is 5.06 Å². The van der Waals surface area contributed by atoms with Crippen LogP contribution in [0, 0.1) is 6.92 Å². The lowest BCUT2D eigenvalue weighted by atomic mass is 9.94. The summed E-state index contributed by atoms with van der Waals surface area (Å²) in [5.74, 6) is 0. The van der Waals surface area contributed by atoms with Gasteiger partial charge in [0.25, 0.3) is 5.56 Å². The zero-order valence-electron chi connectivity index (χ0n) is 26.9. The second-order valence-corrected chi connectivity index (χ2v) is 22.5. The van der Waals surface area contributed by atoms with Gasteiger partial charge in [-0.05, 0) is 56.1 Å². The van der Waals surface area contributed by atoms with Gasteiger partial charge in [-0.25, -0.2) is 4.79 Å². The molecule has 0 aliphatic carbocycles. The van der Waals surface area contributed by atoms with Crippen LogP contribution in [0.1, 0.15) is 73.6 Å². The molecule has 1 N–H and O–H groups in total. The minimum Gasteiger partial charge on any atom is -0.414 e. The average molecular weight is 613 g/mol. The van der Waals surface area contributed by atoms with E-state index in [0.29, 0.717) is 18.7 Å². The van der Waals surface area contributed by atoms with E-state index in [1.54, 1.807) is 13.1 Å². The number of ether oxygens (including phenoxy) is 1. The number of aromatic amines is 1. The Hall–Kier alpha value is -1.17. The summed E-state index contributed by atoms with van der Waals surface area (Å²) >= 11 is 0. The third kappa shape index (κ3) is 5.86. The Labute approximate surface area is 246 Å². The molecule has 2 bridgehead atoms. The molecule has 4 rings (SSSR count). The highest BCUT2D eigenvalue weighted by molar-refractivity contribution is 6.84. The predicted octanol–water partition coefficient (Wildman–Crippen LogP) is 3.64. The van der Waals surface area contributed by atoms with Crippen LogP contribution in [0.5, 0.6) is 0 Å². The van der Waals surface area contributed by atoms with E-state index in [0.717, 1.165) is 13.0 Å². The standard InChI is InChI=1S/C28H52N4O7Si2/c1-18(2)40(19(3)4)35-17-28-16-31(14-12-13-30(10)11)37-23(24(28)38-41(39-40,20(5)6)21(7)8)26(36-28)32-15-22(9)25(33)29-27(32)34/h15,18-21,23-24,26H,12-14,16-17H2,1-11H3,(H,29,33,34)/t23-,24?,26+,28+/m0/s1. The van der Waals surface area contributed by atoms with E-state index < -0.39 is 52.4 Å². The van der Waals surface area contributed by atoms with Crippen LogP contribution < -0.4 is 11.2 Å². The SMILES string of the molecule is Cc1cn([C@@H]2O[C@]34CO[Si](C(C)C)(C(C)C)O[Si](C(C)C)(C(C)C)OC3[C@@H]2ON(CCCN(C)C)C4)c(=O)[nH]c1=O. The molecule has 3 saturated heterocycles. The molecule has 3 aliphatic heterocycles. The first kappa shape index (κ1) is 32.7. The summed E-state index contributed by atoms with van der Waals surface area (Å²) in [6.45, 7) is 21.6. The van der Waals surface area contributed by atoms with Crippen molar-refractivity contribution in [2.75, 3.05) is 40.3 Å². The van der Waals surface area contributed by atoms with Crippen LogP contribution >= 0.6 is 0 Å². The quantitative estimate of drug-likeness (QED) is 0.418. The van der Waals surface area contributed by atoms with Gasteiger partial charge in [0, 0.05) is 18.3 Å². The summed E-state index contributed by atoms with van der Waals surface area (Å²) in [5.41, 5.74) is -0.749. The van der Waals surface area contributed by atoms with Gasteiger partial charge < -0.3 is 22.6 Å². The fourth-order valence-corrected chi connectivity index (χ4v) is 18.0. The van der Waals surface area contributed by atoms with Crippen molar-refractivity contribution in [2.24, 2.45) is 0 Å². The van der Waals surface area contributed by atoms with Crippen molar-refractivity contribution < 1.29 is 22.5 Å². The molecule has 234 valence electrons. The number of H-pyrrole nitrogens is 1. The molecule has 4 atom stereocenters. The number of nitrogens with zero attached hydrogens (tertiary/aromatic N) is 3. The molecule has 0 radical (unpaired) electrons. The number of hydrogen-bond donors (Lipinski definition) is 1. The van der Waals surface area contributed by atoms with Crippen molar-refractivity contribution >= 4 is 17.1 Å². The molecular weight excluding hydrogens is 561 g/mol. The Morgan fingerprint density at radius 2 is 1.63 bits per heavy atom. The van der Waals surface area contributed by atoms with Crippen LogP contribution in [0.15, 0.2) is 15.8 Å². The largest absolute Gasteiger partial charge is 0.414 e. The number of aryl methyl sites for hydroxylation is 1. The molecule has 4 heterocycles. The third-order valence-electron chi connectivity index (χ3n) is 8.99. The molecule has 3 fully saturated rings. The normalized spacial score (nSPS) is 29.9. The van der Waals surface area contributed by atoms with Crippen molar-refractivity contribution in [2.45, 2.75) is 115 Å². The fourth-order valence-electron chi connectivity index (χ4n) is 6.73. The van der Waals surface area contributed by atoms with Crippen molar-refractivity contribution in [1.29, 1.82) is 0 Å². The Kier molecular flexibility index (Phi) is 9.65. The summed E-state index contributed by atoms with van der Waals surface area (Å²) in [7, 11) is -1.66. The van der Waals surface area contributed by atoms with Crippen molar-refractivity contribution in [1.82, 2.24) is 19.5 Å². The zero-order valence-corrected chi connectivity index (χ0v) is 28.9. The summed E-state index contributed by atoms with van der Waals surface area (Å²) in [6, 6.07) is 0. The second-order valence-electron chi connectivity index (χ2n) is 13.6. The van der Waals surface area contributed by atoms with Crippen molar-refractivity contribution in [3.63, 3.8) is 0 Å². The summed E-state index contributed by atoms with van der Waals surface area (Å²) in [5, 5.41) is 1.96. The van der Waals surface area contributed by atoms with E-state index in [2.05, 4.69) is 79.4 Å². The van der Waals surface area contributed by atoms with Crippen LogP contribution in [0.3, 0.4) is 0 Å². The highest BCUT2D eigenvalue weighted by Gasteiger charge is 2.69. The molecule has 1 aromatic rings. The Morgan fingerprint density at radius 3 is 2.20 bits per heavy atom. The summed E-state index contributed by atoms with van der Waals surface area (Å²) in [4.78, 5) is 36.6. The Balaban J connectivity index is 1.87. The maximum absolute atomic E-state index is 13.1. The van der Waals surface area contributed by atoms with Crippen LogP contribution in [0.25, 0.3) is 0 Å². The molecule has 11 nitrogen and oxygen atoms in total. The number of hydroxylamine groups is 2. The highest BCUT2D eigenvalue weighted by atomic mass is 28.5. The average Bonchev–Trinajstić information content (AvgIpc) is 3.01. The Morgan fingerprint density at radius 1 is 1.02 bits per heavy atom. The van der Waals surface area contributed by atoms with Crippen LogP contribution in [0.2, 0.25) is 22.2 Å². The van der Waals surface area contributed by atoms with E-state index in [1.165, 1.54) is 4.57 Å². The molecule has 1 aromatic heterocycles. The van der Waals surface area contributed by atoms with Crippen LogP contribution in [-0.4, -0.2) is 94.8 Å². The molecule has 13 heteroatoms. The molecule has 3 aliphatic rings. The maximum atomic E-state index is 13.1. The van der Waals surface area contributed by atoms with E-state index in [4.69, 9.17) is 22.5 Å². The lowest BCUT2D eigenvalue weighted by Gasteiger charge is -2.55. The van der Waals surface area contributed by atoms with E-state index in [-0.39, 0.29) is 28.8 Å². The molecule has 1 unspecified atom stereocenters. The smallest absolute Gasteiger partial charge is 0.335 e. The monoisotopic (exact) mass is 612 g/mol. The Bertz CT molecular complexity index is 1170.